The van der Waals surface area contributed by atoms with Crippen LogP contribution in [-0.4, -0.2) is 33.2 Å². The molecule has 0 N–H and O–H groups in total. The fourth-order valence-corrected chi connectivity index (χ4v) is 3.03. The lowest BCUT2D eigenvalue weighted by molar-refractivity contribution is 0.0979. The normalized spacial score (nSPS) is 10.2. The molecule has 0 heterocycles. The third-order valence-corrected chi connectivity index (χ3v) is 4.47. The van der Waals surface area contributed by atoms with Crippen LogP contribution in [0.1, 0.15) is 27.9 Å². The van der Waals surface area contributed by atoms with Crippen molar-refractivity contribution in [3.63, 3.8) is 0 Å². The van der Waals surface area contributed by atoms with Crippen LogP contribution in [0.25, 0.3) is 0 Å². The van der Waals surface area contributed by atoms with Gasteiger partial charge in [-0.25, -0.2) is 0 Å². The highest BCUT2D eigenvalue weighted by Crippen LogP contribution is 2.33. The lowest BCUT2D eigenvalue weighted by Crippen LogP contribution is -2.07. The van der Waals surface area contributed by atoms with Crippen LogP contribution < -0.4 is 18.9 Å². The molecule has 0 aliphatic carbocycles. The first-order valence-electron chi connectivity index (χ1n) is 9.40. The number of hydrogen-bond donors (Lipinski definition) is 0. The van der Waals surface area contributed by atoms with Crippen LogP contribution in [-0.2, 0) is 6.42 Å². The first-order valence-corrected chi connectivity index (χ1v) is 9.40. The second-order valence-corrected chi connectivity index (χ2v) is 6.37. The van der Waals surface area contributed by atoms with Gasteiger partial charge >= 0.3 is 0 Å². The number of Topliss-reactive ketones (excluding diaryl/α,β-unsaturated/α-hetero) is 1. The highest BCUT2D eigenvalue weighted by Gasteiger charge is 2.18. The number of ether oxygens (including phenoxy) is 4. The molecule has 0 fully saturated rings. The van der Waals surface area contributed by atoms with E-state index < -0.39 is 0 Å². The molecule has 0 unspecified atom stereocenters. The van der Waals surface area contributed by atoms with E-state index in [0.717, 1.165) is 11.1 Å². The van der Waals surface area contributed by atoms with Crippen molar-refractivity contribution in [1.29, 1.82) is 0 Å². The number of aryl methyl sites for hydroxylation is 1. The summed E-state index contributed by atoms with van der Waals surface area (Å²) in [5, 5.41) is 0. The molecule has 2 aromatic carbocycles. The smallest absolute Gasteiger partial charge is 0.166 e. The minimum atomic E-state index is -0.00532. The van der Waals surface area contributed by atoms with Crippen LogP contribution in [0.15, 0.2) is 55.6 Å². The monoisotopic (exact) mass is 396 g/mol. The maximum atomic E-state index is 12.9. The van der Waals surface area contributed by atoms with Gasteiger partial charge in [0.15, 0.2) is 5.78 Å². The van der Waals surface area contributed by atoms with Gasteiger partial charge in [0.1, 0.15) is 36.2 Å². The molecule has 154 valence electrons. The van der Waals surface area contributed by atoms with Crippen molar-refractivity contribution in [2.45, 2.75) is 19.8 Å². The third-order valence-electron chi connectivity index (χ3n) is 4.47. The van der Waals surface area contributed by atoms with Gasteiger partial charge in [-0.1, -0.05) is 31.4 Å². The van der Waals surface area contributed by atoms with Crippen molar-refractivity contribution >= 4 is 5.78 Å². The number of hydrogen-bond acceptors (Lipinski definition) is 5. The zero-order valence-electron chi connectivity index (χ0n) is 17.3. The highest BCUT2D eigenvalue weighted by molar-refractivity contribution is 5.99. The van der Waals surface area contributed by atoms with Crippen molar-refractivity contribution in [1.82, 2.24) is 0 Å². The van der Waals surface area contributed by atoms with Gasteiger partial charge < -0.3 is 18.9 Å². The van der Waals surface area contributed by atoms with Crippen molar-refractivity contribution in [2.24, 2.45) is 0 Å². The summed E-state index contributed by atoms with van der Waals surface area (Å²) in [6.07, 6.45) is 4.21. The van der Waals surface area contributed by atoms with E-state index in [1.165, 1.54) is 0 Å². The Labute approximate surface area is 172 Å². The summed E-state index contributed by atoms with van der Waals surface area (Å²) < 4.78 is 22.1. The Morgan fingerprint density at radius 1 is 0.966 bits per heavy atom. The molecule has 0 saturated heterocycles. The second-order valence-electron chi connectivity index (χ2n) is 6.37. The summed E-state index contributed by atoms with van der Waals surface area (Å²) in [5.74, 6) is 2.59. The molecule has 5 nitrogen and oxygen atoms in total. The van der Waals surface area contributed by atoms with Gasteiger partial charge in [0.05, 0.1) is 19.8 Å². The quantitative estimate of drug-likeness (QED) is 0.375. The Balaban J connectivity index is 2.19. The summed E-state index contributed by atoms with van der Waals surface area (Å²) in [5.41, 5.74) is 2.28. The number of ketones is 1. The van der Waals surface area contributed by atoms with Crippen LogP contribution in [0.4, 0.5) is 0 Å². The summed E-state index contributed by atoms with van der Waals surface area (Å²) in [4.78, 5) is 12.9. The molecule has 0 radical (unpaired) electrons. The van der Waals surface area contributed by atoms with Gasteiger partial charge in [0.25, 0.3) is 0 Å². The molecular formula is C24H28O5. The fourth-order valence-electron chi connectivity index (χ4n) is 3.03. The van der Waals surface area contributed by atoms with E-state index in [1.807, 2.05) is 25.1 Å². The number of methoxy groups -OCH3 is 2. The van der Waals surface area contributed by atoms with E-state index in [4.69, 9.17) is 18.9 Å². The van der Waals surface area contributed by atoms with Crippen molar-refractivity contribution < 1.29 is 23.7 Å². The Bertz CT molecular complexity index is 870. The van der Waals surface area contributed by atoms with Crippen LogP contribution in [0.5, 0.6) is 23.0 Å². The molecule has 0 aliphatic heterocycles. The minimum absolute atomic E-state index is 0.00532. The highest BCUT2D eigenvalue weighted by atomic mass is 16.5. The number of benzene rings is 2. The van der Waals surface area contributed by atoms with E-state index in [1.54, 1.807) is 38.5 Å². The molecule has 0 aliphatic rings. The predicted octanol–water partition coefficient (Wildman–Crippen LogP) is 4.96. The molecule has 0 spiro atoms. The summed E-state index contributed by atoms with van der Waals surface area (Å²) in [6, 6.07) is 9.14. The molecule has 0 atom stereocenters. The molecular weight excluding hydrogens is 368 g/mol. The van der Waals surface area contributed by atoms with Crippen molar-refractivity contribution in [3.05, 3.63) is 72.3 Å². The second kappa shape index (κ2) is 11.0. The Morgan fingerprint density at radius 3 is 2.34 bits per heavy atom. The minimum Gasteiger partial charge on any atom is -0.496 e. The van der Waals surface area contributed by atoms with Gasteiger partial charge in [-0.15, -0.1) is 0 Å². The summed E-state index contributed by atoms with van der Waals surface area (Å²) in [6.45, 7) is 9.99. The van der Waals surface area contributed by atoms with E-state index >= 15 is 0 Å². The summed E-state index contributed by atoms with van der Waals surface area (Å²) in [7, 11) is 3.15. The summed E-state index contributed by atoms with van der Waals surface area (Å²) >= 11 is 0. The van der Waals surface area contributed by atoms with Gasteiger partial charge in [0.2, 0.25) is 0 Å². The first kappa shape index (κ1) is 22.1. The standard InChI is InChI=1S/C24H28O5/c1-6-14-28-19-10-8-18(23(16-19)29-15-7-2)9-12-21(25)20-11-13-22(26-4)17(3)24(20)27-5/h6-8,10-11,13,16H,1-2,9,12,14-15H2,3-5H3. The average Bonchev–Trinajstić information content (AvgIpc) is 2.74. The Morgan fingerprint density at radius 2 is 1.69 bits per heavy atom. The molecule has 2 aromatic rings. The maximum Gasteiger partial charge on any atom is 0.166 e. The van der Waals surface area contributed by atoms with Crippen molar-refractivity contribution in [3.8, 4) is 23.0 Å². The molecule has 0 saturated carbocycles. The zero-order chi connectivity index (χ0) is 21.2. The van der Waals surface area contributed by atoms with E-state index in [9.17, 15) is 4.79 Å². The topological polar surface area (TPSA) is 54.0 Å². The molecule has 29 heavy (non-hydrogen) atoms. The molecule has 5 heteroatoms. The maximum absolute atomic E-state index is 12.9. The van der Waals surface area contributed by atoms with Crippen LogP contribution in [0.2, 0.25) is 0 Å². The fraction of sp³-hybridized carbons (Fsp3) is 0.292. The molecule has 0 amide bonds. The van der Waals surface area contributed by atoms with Crippen LogP contribution in [0.3, 0.4) is 0 Å². The average molecular weight is 396 g/mol. The van der Waals surface area contributed by atoms with Crippen molar-refractivity contribution in [2.75, 3.05) is 27.4 Å². The number of carbonyl (C=O) groups is 1. The molecule has 2 rings (SSSR count). The third kappa shape index (κ3) is 5.64. The van der Waals surface area contributed by atoms with Crippen LogP contribution >= 0.6 is 0 Å². The Hall–Kier alpha value is -3.21. The van der Waals surface area contributed by atoms with Gasteiger partial charge in [-0.2, -0.15) is 0 Å². The Kier molecular flexibility index (Phi) is 8.34. The van der Waals surface area contributed by atoms with Crippen LogP contribution in [0, 0.1) is 6.92 Å². The van der Waals surface area contributed by atoms with Gasteiger partial charge in [0, 0.05) is 18.1 Å². The van der Waals surface area contributed by atoms with Gasteiger partial charge in [-0.3, -0.25) is 4.79 Å². The van der Waals surface area contributed by atoms with E-state index in [0.29, 0.717) is 54.6 Å². The molecule has 0 aromatic heterocycles. The lowest BCUT2D eigenvalue weighted by Gasteiger charge is -2.15. The van der Waals surface area contributed by atoms with E-state index in [2.05, 4.69) is 13.2 Å². The lowest BCUT2D eigenvalue weighted by atomic mass is 9.99. The van der Waals surface area contributed by atoms with E-state index in [-0.39, 0.29) is 5.78 Å². The number of carbonyl (C=O) groups excluding carboxylic acids is 1. The first-order chi connectivity index (χ1) is 14.0. The SMILES string of the molecule is C=CCOc1ccc(CCC(=O)c2ccc(OC)c(C)c2OC)c(OCC=C)c1. The zero-order valence-corrected chi connectivity index (χ0v) is 17.3. The largest absolute Gasteiger partial charge is 0.496 e. The predicted molar refractivity (Wildman–Crippen MR) is 115 cm³/mol. The van der Waals surface area contributed by atoms with Gasteiger partial charge in [-0.05, 0) is 37.1 Å². The molecule has 0 bridgehead atoms. The number of rotatable bonds is 12.